The van der Waals surface area contributed by atoms with Crippen LogP contribution in [0.3, 0.4) is 0 Å². The Kier molecular flexibility index (Phi) is 1.63. The molecule has 0 fully saturated rings. The number of halogens is 1. The van der Waals surface area contributed by atoms with Gasteiger partial charge in [0, 0.05) is 17.1 Å². The zero-order chi connectivity index (χ0) is 9.47. The molecule has 0 spiro atoms. The molecule has 0 radical (unpaired) electrons. The van der Waals surface area contributed by atoms with Crippen LogP contribution in [-0.4, -0.2) is 13.4 Å². The molecule has 3 nitrogen and oxygen atoms in total. The molecule has 68 valence electrons. The normalized spacial score (nSPS) is 12.1. The Morgan fingerprint density at radius 1 is 1.23 bits per heavy atom. The highest BCUT2D eigenvalue weighted by Crippen LogP contribution is 2.23. The highest BCUT2D eigenvalue weighted by atomic mass is 32.3. The molecule has 1 N–H and O–H groups in total. The minimum absolute atomic E-state index is 0.303. The van der Waals surface area contributed by atoms with Crippen LogP contribution >= 0.6 is 0 Å². The Bertz CT molecular complexity index is 544. The highest BCUT2D eigenvalue weighted by molar-refractivity contribution is 7.86. The van der Waals surface area contributed by atoms with Gasteiger partial charge in [0.1, 0.15) is 4.90 Å². The molecule has 1 aromatic carbocycles. The summed E-state index contributed by atoms with van der Waals surface area (Å²) in [6.45, 7) is 0. The summed E-state index contributed by atoms with van der Waals surface area (Å²) in [4.78, 5) is 2.37. The van der Waals surface area contributed by atoms with E-state index in [1.807, 2.05) is 0 Å². The fourth-order valence-electron chi connectivity index (χ4n) is 1.25. The van der Waals surface area contributed by atoms with E-state index in [4.69, 9.17) is 0 Å². The Hall–Kier alpha value is -1.36. The van der Waals surface area contributed by atoms with Crippen LogP contribution in [0.4, 0.5) is 3.89 Å². The van der Waals surface area contributed by atoms with Gasteiger partial charge < -0.3 is 4.98 Å². The minimum atomic E-state index is -4.62. The van der Waals surface area contributed by atoms with Crippen LogP contribution in [-0.2, 0) is 10.2 Å². The summed E-state index contributed by atoms with van der Waals surface area (Å²) in [6.07, 6.45) is 1.15. The quantitative estimate of drug-likeness (QED) is 0.712. The van der Waals surface area contributed by atoms with Crippen molar-refractivity contribution in [2.75, 3.05) is 0 Å². The fraction of sp³-hybridized carbons (Fsp3) is 0. The van der Waals surface area contributed by atoms with E-state index < -0.39 is 10.2 Å². The lowest BCUT2D eigenvalue weighted by molar-refractivity contribution is 0.553. The molecule has 13 heavy (non-hydrogen) atoms. The first-order chi connectivity index (χ1) is 6.09. The molecule has 5 heteroatoms. The molecule has 0 saturated heterocycles. The number of rotatable bonds is 1. The molecule has 1 aromatic heterocycles. The zero-order valence-corrected chi connectivity index (χ0v) is 7.31. The number of H-pyrrole nitrogens is 1. The Balaban J connectivity index is 2.87. The van der Waals surface area contributed by atoms with Crippen LogP contribution in [0.2, 0.25) is 0 Å². The molecule has 0 aliphatic heterocycles. The maximum absolute atomic E-state index is 12.6. The van der Waals surface area contributed by atoms with Gasteiger partial charge in [-0.25, -0.2) is 0 Å². The molecule has 0 aliphatic rings. The maximum Gasteiger partial charge on any atom is 0.334 e. The summed E-state index contributed by atoms with van der Waals surface area (Å²) in [5.41, 5.74) is 0.610. The number of benzene rings is 1. The van der Waals surface area contributed by atoms with Crippen molar-refractivity contribution >= 4 is 21.1 Å². The molecular formula is C8H6FNO2S. The summed E-state index contributed by atoms with van der Waals surface area (Å²) < 4.78 is 33.9. The second kappa shape index (κ2) is 2.56. The van der Waals surface area contributed by atoms with E-state index in [1.165, 1.54) is 0 Å². The Morgan fingerprint density at radius 3 is 2.62 bits per heavy atom. The van der Waals surface area contributed by atoms with Crippen molar-refractivity contribution in [1.29, 1.82) is 0 Å². The van der Waals surface area contributed by atoms with E-state index >= 15 is 0 Å². The second-order valence-corrected chi connectivity index (χ2v) is 3.95. The van der Waals surface area contributed by atoms with E-state index in [1.54, 1.807) is 24.3 Å². The first-order valence-electron chi connectivity index (χ1n) is 3.60. The van der Waals surface area contributed by atoms with Crippen LogP contribution in [0.5, 0.6) is 0 Å². The number of hydrogen-bond donors (Lipinski definition) is 1. The molecule has 0 unspecified atom stereocenters. The topological polar surface area (TPSA) is 49.9 Å². The van der Waals surface area contributed by atoms with Gasteiger partial charge >= 0.3 is 10.2 Å². The standard InChI is InChI=1S/C8H6FNO2S/c9-13(11,12)8-5-10-7-4-2-1-3-6(7)8/h1-5,10H. The van der Waals surface area contributed by atoms with Crippen molar-refractivity contribution in [1.82, 2.24) is 4.98 Å². The van der Waals surface area contributed by atoms with Gasteiger partial charge in [-0.3, -0.25) is 0 Å². The molecule has 1 heterocycles. The zero-order valence-electron chi connectivity index (χ0n) is 6.49. The van der Waals surface area contributed by atoms with E-state index in [0.29, 0.717) is 10.9 Å². The van der Waals surface area contributed by atoms with E-state index in [-0.39, 0.29) is 4.90 Å². The summed E-state index contributed by atoms with van der Waals surface area (Å²) >= 11 is 0. The molecule has 0 atom stereocenters. The van der Waals surface area contributed by atoms with E-state index in [0.717, 1.165) is 6.20 Å². The molecule has 0 saturated carbocycles. The van der Waals surface area contributed by atoms with Crippen LogP contribution in [0.15, 0.2) is 35.4 Å². The van der Waals surface area contributed by atoms with Gasteiger partial charge in [-0.2, -0.15) is 8.42 Å². The lowest BCUT2D eigenvalue weighted by Gasteiger charge is -1.90. The molecular weight excluding hydrogens is 193 g/mol. The number of nitrogens with one attached hydrogen (secondary N) is 1. The largest absolute Gasteiger partial charge is 0.360 e. The molecule has 0 aliphatic carbocycles. The second-order valence-electron chi connectivity index (χ2n) is 2.64. The number of aromatic nitrogens is 1. The molecule has 2 rings (SSSR count). The molecule has 2 aromatic rings. The monoisotopic (exact) mass is 199 g/mol. The van der Waals surface area contributed by atoms with Crippen LogP contribution in [0, 0.1) is 0 Å². The first-order valence-corrected chi connectivity index (χ1v) is 4.98. The highest BCUT2D eigenvalue weighted by Gasteiger charge is 2.16. The molecule has 0 amide bonds. The average Bonchev–Trinajstić information content (AvgIpc) is 2.45. The van der Waals surface area contributed by atoms with Gasteiger partial charge in [-0.05, 0) is 6.07 Å². The minimum Gasteiger partial charge on any atom is -0.360 e. The van der Waals surface area contributed by atoms with Crippen molar-refractivity contribution in [3.63, 3.8) is 0 Å². The van der Waals surface area contributed by atoms with Gasteiger partial charge in [-0.1, -0.05) is 18.2 Å². The van der Waals surface area contributed by atoms with Crippen molar-refractivity contribution in [3.05, 3.63) is 30.5 Å². The lowest BCUT2D eigenvalue weighted by atomic mass is 10.2. The fourth-order valence-corrected chi connectivity index (χ4v) is 1.89. The van der Waals surface area contributed by atoms with Crippen molar-refractivity contribution in [2.24, 2.45) is 0 Å². The Labute approximate surface area is 74.4 Å². The Morgan fingerprint density at radius 2 is 1.92 bits per heavy atom. The third kappa shape index (κ3) is 1.31. The number of aromatic amines is 1. The summed E-state index contributed by atoms with van der Waals surface area (Å²) in [6, 6.07) is 6.64. The van der Waals surface area contributed by atoms with Crippen LogP contribution < -0.4 is 0 Å². The molecule has 0 bridgehead atoms. The first kappa shape index (κ1) is 8.25. The summed E-state index contributed by atoms with van der Waals surface area (Å²) in [5.74, 6) is 0. The van der Waals surface area contributed by atoms with Gasteiger partial charge in [-0.15, -0.1) is 3.89 Å². The van der Waals surface area contributed by atoms with Crippen molar-refractivity contribution < 1.29 is 12.3 Å². The third-order valence-corrected chi connectivity index (χ3v) is 2.68. The van der Waals surface area contributed by atoms with E-state index in [2.05, 4.69) is 4.98 Å². The predicted octanol–water partition coefficient (Wildman–Crippen LogP) is 1.83. The van der Waals surface area contributed by atoms with Gasteiger partial charge in [0.15, 0.2) is 0 Å². The number of para-hydroxylation sites is 1. The van der Waals surface area contributed by atoms with Gasteiger partial charge in [0.05, 0.1) is 0 Å². The van der Waals surface area contributed by atoms with Gasteiger partial charge in [0.25, 0.3) is 0 Å². The number of hydrogen-bond acceptors (Lipinski definition) is 2. The van der Waals surface area contributed by atoms with Crippen molar-refractivity contribution in [3.8, 4) is 0 Å². The predicted molar refractivity (Wildman–Crippen MR) is 46.6 cm³/mol. The van der Waals surface area contributed by atoms with E-state index in [9.17, 15) is 12.3 Å². The lowest BCUT2D eigenvalue weighted by Crippen LogP contribution is -1.88. The number of fused-ring (bicyclic) bond motifs is 1. The summed E-state index contributed by atoms with van der Waals surface area (Å²) in [5, 5.41) is 0.380. The van der Waals surface area contributed by atoms with Crippen molar-refractivity contribution in [2.45, 2.75) is 4.90 Å². The van der Waals surface area contributed by atoms with Crippen LogP contribution in [0.1, 0.15) is 0 Å². The summed E-state index contributed by atoms with van der Waals surface area (Å²) in [7, 11) is -4.62. The average molecular weight is 199 g/mol. The van der Waals surface area contributed by atoms with Gasteiger partial charge in [0.2, 0.25) is 0 Å². The third-order valence-electron chi connectivity index (χ3n) is 1.81. The smallest absolute Gasteiger partial charge is 0.334 e. The maximum atomic E-state index is 12.6. The van der Waals surface area contributed by atoms with Crippen LogP contribution in [0.25, 0.3) is 10.9 Å². The SMILES string of the molecule is O=S(=O)(F)c1c[nH]c2ccccc12.